The maximum atomic E-state index is 5.80. The molecule has 0 radical (unpaired) electrons. The Balaban J connectivity index is 2.76. The molecule has 3 nitrogen and oxygen atoms in total. The number of ether oxygens (including phenoxy) is 1. The Labute approximate surface area is 86.5 Å². The van der Waals surface area contributed by atoms with E-state index in [-0.39, 0.29) is 0 Å². The summed E-state index contributed by atoms with van der Waals surface area (Å²) in [4.78, 5) is 4.14. The number of hydrogen-bond donors (Lipinski definition) is 1. The van der Waals surface area contributed by atoms with Crippen LogP contribution in [0.4, 0.5) is 5.69 Å². The fraction of sp³-hybridized carbons (Fsp3) is 0.100. The summed E-state index contributed by atoms with van der Waals surface area (Å²) in [6, 6.07) is 7.19. The molecule has 0 saturated heterocycles. The summed E-state index contributed by atoms with van der Waals surface area (Å²) in [7, 11) is 1.60. The number of benzene rings is 1. The minimum Gasteiger partial charge on any atom is -0.497 e. The van der Waals surface area contributed by atoms with E-state index in [0.29, 0.717) is 16.4 Å². The zero-order valence-corrected chi connectivity index (χ0v) is 8.38. The van der Waals surface area contributed by atoms with Gasteiger partial charge in [-0.2, -0.15) is 0 Å². The molecule has 2 N–H and O–H groups in total. The van der Waals surface area contributed by atoms with Crippen molar-refractivity contribution in [2.75, 3.05) is 12.8 Å². The predicted molar refractivity (Wildman–Crippen MR) is 57.7 cm³/mol. The van der Waals surface area contributed by atoms with Gasteiger partial charge >= 0.3 is 0 Å². The van der Waals surface area contributed by atoms with Crippen LogP contribution in [-0.2, 0) is 0 Å². The number of methoxy groups -OCH3 is 1. The highest BCUT2D eigenvalue weighted by Crippen LogP contribution is 2.26. The quantitative estimate of drug-likeness (QED) is 0.579. The van der Waals surface area contributed by atoms with E-state index < -0.39 is 0 Å². The zero-order chi connectivity index (χ0) is 10.1. The molecule has 1 aromatic carbocycles. The van der Waals surface area contributed by atoms with E-state index in [2.05, 4.69) is 4.98 Å². The Morgan fingerprint density at radius 2 is 2.14 bits per heavy atom. The van der Waals surface area contributed by atoms with Crippen LogP contribution in [0.5, 0.6) is 5.75 Å². The molecule has 0 aliphatic heterocycles. The first-order valence-corrected chi connectivity index (χ1v) is 4.48. The lowest BCUT2D eigenvalue weighted by Crippen LogP contribution is -1.92. The summed E-state index contributed by atoms with van der Waals surface area (Å²) < 4.78 is 5.09. The Bertz CT molecular complexity index is 485. The summed E-state index contributed by atoms with van der Waals surface area (Å²) in [6.45, 7) is 0. The average Bonchev–Trinajstić information content (AvgIpc) is 2.19. The summed E-state index contributed by atoms with van der Waals surface area (Å²) in [6.07, 6.45) is 0. The second-order valence-corrected chi connectivity index (χ2v) is 3.31. The molecule has 0 aliphatic carbocycles. The van der Waals surface area contributed by atoms with Gasteiger partial charge < -0.3 is 10.5 Å². The molecule has 72 valence electrons. The van der Waals surface area contributed by atoms with E-state index in [0.717, 1.165) is 11.1 Å². The average molecular weight is 209 g/mol. The van der Waals surface area contributed by atoms with Crippen LogP contribution in [0.1, 0.15) is 0 Å². The van der Waals surface area contributed by atoms with Gasteiger partial charge in [-0.25, -0.2) is 4.98 Å². The number of rotatable bonds is 1. The van der Waals surface area contributed by atoms with Crippen molar-refractivity contribution in [2.24, 2.45) is 0 Å². The molecule has 0 bridgehead atoms. The third kappa shape index (κ3) is 1.46. The van der Waals surface area contributed by atoms with Gasteiger partial charge in [-0.3, -0.25) is 0 Å². The van der Waals surface area contributed by atoms with Crippen LogP contribution < -0.4 is 10.5 Å². The van der Waals surface area contributed by atoms with Crippen molar-refractivity contribution in [1.29, 1.82) is 0 Å². The van der Waals surface area contributed by atoms with Gasteiger partial charge in [0.25, 0.3) is 0 Å². The van der Waals surface area contributed by atoms with Crippen LogP contribution in [0.25, 0.3) is 10.9 Å². The third-order valence-corrected chi connectivity index (χ3v) is 2.21. The summed E-state index contributed by atoms with van der Waals surface area (Å²) in [5.74, 6) is 0.721. The molecule has 2 rings (SSSR count). The molecule has 0 saturated carbocycles. The van der Waals surface area contributed by atoms with E-state index >= 15 is 0 Å². The number of aromatic nitrogens is 1. The van der Waals surface area contributed by atoms with Crippen LogP contribution in [0.15, 0.2) is 24.3 Å². The number of fused-ring (bicyclic) bond motifs is 1. The molecule has 14 heavy (non-hydrogen) atoms. The lowest BCUT2D eigenvalue weighted by molar-refractivity contribution is 0.415. The van der Waals surface area contributed by atoms with E-state index in [1.807, 2.05) is 12.1 Å². The number of pyridine rings is 1. The van der Waals surface area contributed by atoms with Crippen LogP contribution in [0.2, 0.25) is 5.15 Å². The monoisotopic (exact) mass is 208 g/mol. The van der Waals surface area contributed by atoms with Crippen molar-refractivity contribution in [3.63, 3.8) is 0 Å². The second kappa shape index (κ2) is 3.35. The number of nitrogens with two attached hydrogens (primary N) is 1. The maximum absolute atomic E-state index is 5.80. The molecule has 0 fully saturated rings. The van der Waals surface area contributed by atoms with E-state index in [9.17, 15) is 0 Å². The Hall–Kier alpha value is -1.48. The minimum absolute atomic E-state index is 0.439. The van der Waals surface area contributed by atoms with Crippen LogP contribution in [-0.4, -0.2) is 12.1 Å². The third-order valence-electron chi connectivity index (χ3n) is 2.00. The smallest absolute Gasteiger partial charge is 0.129 e. The highest BCUT2D eigenvalue weighted by Gasteiger charge is 2.03. The van der Waals surface area contributed by atoms with E-state index in [1.165, 1.54) is 0 Å². The molecule has 0 aliphatic rings. The topological polar surface area (TPSA) is 48.1 Å². The molecule has 0 amide bonds. The molecule has 2 aromatic rings. The van der Waals surface area contributed by atoms with E-state index in [4.69, 9.17) is 22.1 Å². The van der Waals surface area contributed by atoms with Gasteiger partial charge in [0, 0.05) is 11.5 Å². The number of halogens is 1. The number of nitrogen functional groups attached to an aromatic ring is 1. The van der Waals surface area contributed by atoms with Crippen molar-refractivity contribution in [3.8, 4) is 5.75 Å². The first kappa shape index (κ1) is 9.09. The lowest BCUT2D eigenvalue weighted by atomic mass is 10.2. The van der Waals surface area contributed by atoms with Gasteiger partial charge in [0.15, 0.2) is 0 Å². The first-order chi connectivity index (χ1) is 6.70. The van der Waals surface area contributed by atoms with Gasteiger partial charge in [-0.15, -0.1) is 0 Å². The van der Waals surface area contributed by atoms with Crippen molar-refractivity contribution in [3.05, 3.63) is 29.4 Å². The highest BCUT2D eigenvalue weighted by molar-refractivity contribution is 6.29. The van der Waals surface area contributed by atoms with Crippen LogP contribution in [0.3, 0.4) is 0 Å². The molecule has 0 unspecified atom stereocenters. The second-order valence-electron chi connectivity index (χ2n) is 2.92. The largest absolute Gasteiger partial charge is 0.497 e. The zero-order valence-electron chi connectivity index (χ0n) is 7.62. The van der Waals surface area contributed by atoms with Crippen molar-refractivity contribution < 1.29 is 4.74 Å². The fourth-order valence-electron chi connectivity index (χ4n) is 1.33. The van der Waals surface area contributed by atoms with Crippen molar-refractivity contribution in [2.45, 2.75) is 0 Å². The molecule has 0 atom stereocenters. The highest BCUT2D eigenvalue weighted by atomic mass is 35.5. The Morgan fingerprint density at radius 3 is 2.86 bits per heavy atom. The Kier molecular flexibility index (Phi) is 2.17. The fourth-order valence-corrected chi connectivity index (χ4v) is 1.48. The van der Waals surface area contributed by atoms with Gasteiger partial charge in [-0.1, -0.05) is 11.6 Å². The van der Waals surface area contributed by atoms with Gasteiger partial charge in [0.1, 0.15) is 10.9 Å². The van der Waals surface area contributed by atoms with Crippen molar-refractivity contribution in [1.82, 2.24) is 4.98 Å². The Morgan fingerprint density at radius 1 is 1.36 bits per heavy atom. The van der Waals surface area contributed by atoms with Crippen molar-refractivity contribution >= 4 is 28.2 Å². The summed E-state index contributed by atoms with van der Waals surface area (Å²) >= 11 is 5.77. The number of nitrogens with zero attached hydrogens (tertiary/aromatic N) is 1. The lowest BCUT2D eigenvalue weighted by Gasteiger charge is -2.05. The molecular weight excluding hydrogens is 200 g/mol. The standard InChI is InChI=1S/C10H9ClN2O/c1-14-7-4-6-2-3-9(11)13-10(6)8(12)5-7/h2-5H,12H2,1H3. The predicted octanol–water partition coefficient (Wildman–Crippen LogP) is 2.48. The summed E-state index contributed by atoms with van der Waals surface area (Å²) in [5, 5.41) is 1.36. The molecule has 0 spiro atoms. The summed E-state index contributed by atoms with van der Waals surface area (Å²) in [5.41, 5.74) is 7.08. The minimum atomic E-state index is 0.439. The molecule has 1 aromatic heterocycles. The van der Waals surface area contributed by atoms with Gasteiger partial charge in [0.2, 0.25) is 0 Å². The van der Waals surface area contributed by atoms with E-state index in [1.54, 1.807) is 19.2 Å². The number of anilines is 1. The molecule has 1 heterocycles. The number of hydrogen-bond acceptors (Lipinski definition) is 3. The normalized spacial score (nSPS) is 10.4. The van der Waals surface area contributed by atoms with Gasteiger partial charge in [0.05, 0.1) is 18.3 Å². The SMILES string of the molecule is COc1cc(N)c2nc(Cl)ccc2c1. The van der Waals surface area contributed by atoms with Crippen LogP contribution >= 0.6 is 11.6 Å². The molecular formula is C10H9ClN2O. The van der Waals surface area contributed by atoms with Gasteiger partial charge in [-0.05, 0) is 18.2 Å². The molecule has 4 heteroatoms. The first-order valence-electron chi connectivity index (χ1n) is 4.10. The van der Waals surface area contributed by atoms with Crippen LogP contribution in [0, 0.1) is 0 Å². The maximum Gasteiger partial charge on any atom is 0.129 e.